The Morgan fingerprint density at radius 1 is 1.27 bits per heavy atom. The molecule has 0 saturated carbocycles. The molecule has 1 heterocycles. The van der Waals surface area contributed by atoms with Gasteiger partial charge in [-0.1, -0.05) is 60.2 Å². The second kappa shape index (κ2) is 10.7. The Bertz CT molecular complexity index is 197. The number of alkyl halides is 1. The van der Waals surface area contributed by atoms with Gasteiger partial charge in [-0.05, 0) is 32.6 Å². The monoisotopic (exact) mass is 321 g/mol. The average Bonchev–Trinajstić information content (AvgIpc) is 2.30. The molecule has 1 atom stereocenters. The van der Waals surface area contributed by atoms with Crippen LogP contribution in [0.1, 0.15) is 46.5 Å². The lowest BCUT2D eigenvalue weighted by atomic mass is 10.2. The van der Waals surface area contributed by atoms with Crippen molar-refractivity contribution in [3.05, 3.63) is 23.8 Å². The smallest absolute Gasteiger partial charge is 0.0630 e. The van der Waals surface area contributed by atoms with E-state index in [0.29, 0.717) is 4.05 Å². The van der Waals surface area contributed by atoms with Crippen LogP contribution >= 0.6 is 22.6 Å². The molecule has 0 aromatic carbocycles. The van der Waals surface area contributed by atoms with Crippen molar-refractivity contribution < 1.29 is 0 Å². The van der Waals surface area contributed by atoms with Crippen molar-refractivity contribution in [1.29, 1.82) is 0 Å². The van der Waals surface area contributed by atoms with Crippen LogP contribution in [0.4, 0.5) is 0 Å². The van der Waals surface area contributed by atoms with E-state index in [0.717, 1.165) is 13.0 Å². The Morgan fingerprint density at radius 3 is 2.73 bits per heavy atom. The quantitative estimate of drug-likeness (QED) is 0.301. The standard InChI is InChI=1S/C11H18IN.C2H6/c1-10-7-5-3-2-4-6-8-11(12)13-9-10;1-2/h4,6-7,11,13H,2-3,5,8-9H2,1H3;1-2H3/b6-4+,10-7+;. The molecule has 15 heavy (non-hydrogen) atoms. The molecule has 0 aromatic rings. The second-order valence-corrected chi connectivity index (χ2v) is 5.04. The molecule has 88 valence electrons. The molecule has 1 aliphatic rings. The van der Waals surface area contributed by atoms with E-state index in [-0.39, 0.29) is 0 Å². The SMILES string of the molecule is C/C1=C\CCC/C=C/CC(I)NC1.CC. The number of hydrogen-bond donors (Lipinski definition) is 1. The fraction of sp³-hybridized carbons (Fsp3) is 0.692. The van der Waals surface area contributed by atoms with E-state index in [4.69, 9.17) is 0 Å². The van der Waals surface area contributed by atoms with Crippen LogP contribution in [0.5, 0.6) is 0 Å². The first-order valence-electron chi connectivity index (χ1n) is 5.97. The van der Waals surface area contributed by atoms with Gasteiger partial charge in [0.2, 0.25) is 0 Å². The summed E-state index contributed by atoms with van der Waals surface area (Å²) in [6.07, 6.45) is 11.9. The first-order valence-corrected chi connectivity index (χ1v) is 7.21. The molecule has 0 fully saturated rings. The highest BCUT2D eigenvalue weighted by Gasteiger charge is 2.00. The van der Waals surface area contributed by atoms with Crippen LogP contribution in [0.25, 0.3) is 0 Å². The van der Waals surface area contributed by atoms with Crippen LogP contribution < -0.4 is 5.32 Å². The molecule has 0 bridgehead atoms. The van der Waals surface area contributed by atoms with E-state index in [1.54, 1.807) is 0 Å². The highest BCUT2D eigenvalue weighted by molar-refractivity contribution is 14.1. The van der Waals surface area contributed by atoms with Crippen LogP contribution in [-0.4, -0.2) is 10.6 Å². The van der Waals surface area contributed by atoms with Gasteiger partial charge in [-0.3, -0.25) is 0 Å². The zero-order valence-electron chi connectivity index (χ0n) is 10.2. The zero-order chi connectivity index (χ0) is 11.5. The maximum absolute atomic E-state index is 3.50. The summed E-state index contributed by atoms with van der Waals surface area (Å²) < 4.78 is 0.579. The summed E-state index contributed by atoms with van der Waals surface area (Å²) in [7, 11) is 0. The zero-order valence-corrected chi connectivity index (χ0v) is 12.4. The largest absolute Gasteiger partial charge is 0.301 e. The number of nitrogens with one attached hydrogen (secondary N) is 1. The molecule has 0 spiro atoms. The third kappa shape index (κ3) is 9.12. The van der Waals surface area contributed by atoms with Crippen molar-refractivity contribution in [2.24, 2.45) is 0 Å². The van der Waals surface area contributed by atoms with Crippen LogP contribution in [0.15, 0.2) is 23.8 Å². The van der Waals surface area contributed by atoms with Gasteiger partial charge in [0.1, 0.15) is 0 Å². The van der Waals surface area contributed by atoms with Crippen LogP contribution in [-0.2, 0) is 0 Å². The van der Waals surface area contributed by atoms with Crippen LogP contribution in [0.2, 0.25) is 0 Å². The fourth-order valence-electron chi connectivity index (χ4n) is 1.34. The summed E-state index contributed by atoms with van der Waals surface area (Å²) in [4.78, 5) is 0. The topological polar surface area (TPSA) is 12.0 Å². The lowest BCUT2D eigenvalue weighted by molar-refractivity contribution is 0.713. The van der Waals surface area contributed by atoms with Gasteiger partial charge in [0, 0.05) is 6.54 Å². The first kappa shape index (κ1) is 15.2. The Hall–Kier alpha value is 0.170. The van der Waals surface area contributed by atoms with E-state index in [2.05, 4.69) is 53.1 Å². The normalized spacial score (nSPS) is 28.8. The summed E-state index contributed by atoms with van der Waals surface area (Å²) in [5, 5.41) is 3.50. The van der Waals surface area contributed by atoms with Crippen molar-refractivity contribution in [3.63, 3.8) is 0 Å². The average molecular weight is 321 g/mol. The van der Waals surface area contributed by atoms with Gasteiger partial charge < -0.3 is 5.32 Å². The lowest BCUT2D eigenvalue weighted by Crippen LogP contribution is -2.24. The van der Waals surface area contributed by atoms with Crippen LogP contribution in [0.3, 0.4) is 0 Å². The predicted molar refractivity (Wildman–Crippen MR) is 78.5 cm³/mol. The molecule has 0 radical (unpaired) electrons. The fourth-order valence-corrected chi connectivity index (χ4v) is 1.86. The van der Waals surface area contributed by atoms with Gasteiger partial charge in [0.05, 0.1) is 4.05 Å². The molecule has 2 heteroatoms. The molecule has 1 N–H and O–H groups in total. The van der Waals surface area contributed by atoms with E-state index < -0.39 is 0 Å². The van der Waals surface area contributed by atoms with Gasteiger partial charge in [-0.15, -0.1) is 0 Å². The summed E-state index contributed by atoms with van der Waals surface area (Å²) in [5.41, 5.74) is 1.48. The third-order valence-electron chi connectivity index (χ3n) is 2.18. The first-order chi connectivity index (χ1) is 7.29. The second-order valence-electron chi connectivity index (χ2n) is 3.54. The van der Waals surface area contributed by atoms with Gasteiger partial charge in [-0.25, -0.2) is 0 Å². The minimum atomic E-state index is 0.579. The molecule has 0 aromatic heterocycles. The highest BCUT2D eigenvalue weighted by Crippen LogP contribution is 2.08. The molecular formula is C13H24IN. The van der Waals surface area contributed by atoms with Crippen molar-refractivity contribution in [2.75, 3.05) is 6.54 Å². The van der Waals surface area contributed by atoms with Crippen molar-refractivity contribution in [3.8, 4) is 0 Å². The highest BCUT2D eigenvalue weighted by atomic mass is 127. The van der Waals surface area contributed by atoms with E-state index in [1.807, 2.05) is 13.8 Å². The molecule has 0 saturated heterocycles. The van der Waals surface area contributed by atoms with E-state index in [9.17, 15) is 0 Å². The van der Waals surface area contributed by atoms with E-state index >= 15 is 0 Å². The molecule has 1 aliphatic heterocycles. The molecular weight excluding hydrogens is 297 g/mol. The predicted octanol–water partition coefficient (Wildman–Crippen LogP) is 4.44. The number of allylic oxidation sites excluding steroid dienone is 2. The van der Waals surface area contributed by atoms with E-state index in [1.165, 1.54) is 24.8 Å². The molecule has 1 rings (SSSR count). The number of rotatable bonds is 0. The summed E-state index contributed by atoms with van der Waals surface area (Å²) >= 11 is 2.46. The Balaban J connectivity index is 0.000000921. The number of hydrogen-bond acceptors (Lipinski definition) is 1. The Morgan fingerprint density at radius 2 is 2.00 bits per heavy atom. The van der Waals surface area contributed by atoms with Gasteiger partial charge in [0.15, 0.2) is 0 Å². The summed E-state index contributed by atoms with van der Waals surface area (Å²) in [5.74, 6) is 0. The van der Waals surface area contributed by atoms with Crippen LogP contribution in [0, 0.1) is 0 Å². The summed E-state index contributed by atoms with van der Waals surface area (Å²) in [6.45, 7) is 7.25. The van der Waals surface area contributed by atoms with Crippen molar-refractivity contribution >= 4 is 22.6 Å². The lowest BCUT2D eigenvalue weighted by Gasteiger charge is -2.09. The molecule has 0 aliphatic carbocycles. The Kier molecular flexibility index (Phi) is 10.8. The van der Waals surface area contributed by atoms with Crippen molar-refractivity contribution in [2.45, 2.75) is 50.5 Å². The Labute approximate surface area is 109 Å². The van der Waals surface area contributed by atoms with Gasteiger partial charge >= 0.3 is 0 Å². The number of halogens is 1. The maximum atomic E-state index is 3.50. The van der Waals surface area contributed by atoms with Gasteiger partial charge in [-0.2, -0.15) is 0 Å². The molecule has 1 unspecified atom stereocenters. The third-order valence-corrected chi connectivity index (χ3v) is 3.13. The minimum Gasteiger partial charge on any atom is -0.301 e. The summed E-state index contributed by atoms with van der Waals surface area (Å²) in [6, 6.07) is 0. The maximum Gasteiger partial charge on any atom is 0.0630 e. The molecule has 1 nitrogen and oxygen atoms in total. The minimum absolute atomic E-state index is 0.579. The van der Waals surface area contributed by atoms with Gasteiger partial charge in [0.25, 0.3) is 0 Å². The molecule has 0 amide bonds. The van der Waals surface area contributed by atoms with Crippen molar-refractivity contribution in [1.82, 2.24) is 5.32 Å².